The molecule has 0 aromatic carbocycles. The number of aromatic nitrogens is 3. The van der Waals surface area contributed by atoms with Crippen LogP contribution in [0.1, 0.15) is 26.1 Å². The normalized spacial score (nSPS) is 17.4. The van der Waals surface area contributed by atoms with E-state index in [0.717, 1.165) is 38.4 Å². The zero-order chi connectivity index (χ0) is 13.0. The van der Waals surface area contributed by atoms with E-state index in [4.69, 9.17) is 5.26 Å². The van der Waals surface area contributed by atoms with Gasteiger partial charge in [-0.15, -0.1) is 10.2 Å². The van der Waals surface area contributed by atoms with Gasteiger partial charge in [-0.25, -0.2) is 0 Å². The fourth-order valence-electron chi connectivity index (χ4n) is 2.21. The summed E-state index contributed by atoms with van der Waals surface area (Å²) < 4.78 is 2.09. The molecule has 0 saturated heterocycles. The molecular formula is C12H20N6. The first kappa shape index (κ1) is 13.0. The first-order valence-corrected chi connectivity index (χ1v) is 6.43. The topological polar surface area (TPSA) is 69.8 Å². The van der Waals surface area contributed by atoms with Crippen molar-refractivity contribution < 1.29 is 0 Å². The SMILES string of the molecule is CC(C)NC(C#N)CCN1CCn2cnnc2C1. The molecule has 0 amide bonds. The lowest BCUT2D eigenvalue weighted by Gasteiger charge is -2.27. The van der Waals surface area contributed by atoms with Gasteiger partial charge in [0.15, 0.2) is 0 Å². The molecule has 2 heterocycles. The van der Waals surface area contributed by atoms with Gasteiger partial charge in [-0.1, -0.05) is 0 Å². The first-order valence-electron chi connectivity index (χ1n) is 6.43. The van der Waals surface area contributed by atoms with Gasteiger partial charge >= 0.3 is 0 Å². The van der Waals surface area contributed by atoms with Crippen LogP contribution < -0.4 is 5.32 Å². The average molecular weight is 248 g/mol. The van der Waals surface area contributed by atoms with Gasteiger partial charge in [0.1, 0.15) is 12.2 Å². The van der Waals surface area contributed by atoms with E-state index in [2.05, 4.69) is 44.9 Å². The van der Waals surface area contributed by atoms with Crippen molar-refractivity contribution in [2.24, 2.45) is 0 Å². The summed E-state index contributed by atoms with van der Waals surface area (Å²) in [6.45, 7) is 7.83. The highest BCUT2D eigenvalue weighted by Crippen LogP contribution is 2.09. The zero-order valence-corrected chi connectivity index (χ0v) is 11.0. The third-order valence-electron chi connectivity index (χ3n) is 3.14. The van der Waals surface area contributed by atoms with Crippen molar-refractivity contribution in [2.75, 3.05) is 13.1 Å². The van der Waals surface area contributed by atoms with Crippen molar-refractivity contribution in [2.45, 2.75) is 45.4 Å². The highest BCUT2D eigenvalue weighted by Gasteiger charge is 2.18. The molecule has 0 fully saturated rings. The standard InChI is InChI=1S/C12H20N6/c1-10(2)15-11(7-13)3-4-17-5-6-18-9-14-16-12(18)8-17/h9-11,15H,3-6,8H2,1-2H3. The van der Waals surface area contributed by atoms with E-state index >= 15 is 0 Å². The van der Waals surface area contributed by atoms with Crippen molar-refractivity contribution >= 4 is 0 Å². The van der Waals surface area contributed by atoms with E-state index in [1.54, 1.807) is 6.33 Å². The van der Waals surface area contributed by atoms with Crippen molar-refractivity contribution in [3.8, 4) is 6.07 Å². The molecular weight excluding hydrogens is 228 g/mol. The largest absolute Gasteiger partial charge is 0.315 e. The van der Waals surface area contributed by atoms with E-state index in [1.165, 1.54) is 0 Å². The summed E-state index contributed by atoms with van der Waals surface area (Å²) >= 11 is 0. The van der Waals surface area contributed by atoms with Crippen LogP contribution in [0.5, 0.6) is 0 Å². The Balaban J connectivity index is 1.80. The number of hydrogen-bond acceptors (Lipinski definition) is 5. The summed E-state index contributed by atoms with van der Waals surface area (Å²) in [5, 5.41) is 20.3. The van der Waals surface area contributed by atoms with Crippen LogP contribution in [-0.2, 0) is 13.1 Å². The fourth-order valence-corrected chi connectivity index (χ4v) is 2.21. The van der Waals surface area contributed by atoms with Crippen LogP contribution in [0.25, 0.3) is 0 Å². The Morgan fingerprint density at radius 3 is 3.06 bits per heavy atom. The summed E-state index contributed by atoms with van der Waals surface area (Å²) in [5.41, 5.74) is 0. The Bertz CT molecular complexity index is 418. The minimum atomic E-state index is -0.0650. The summed E-state index contributed by atoms with van der Waals surface area (Å²) in [7, 11) is 0. The van der Waals surface area contributed by atoms with Gasteiger partial charge in [-0.2, -0.15) is 5.26 Å². The number of nitriles is 1. The molecule has 6 nitrogen and oxygen atoms in total. The second-order valence-corrected chi connectivity index (χ2v) is 5.01. The lowest BCUT2D eigenvalue weighted by Crippen LogP contribution is -2.39. The average Bonchev–Trinajstić information content (AvgIpc) is 2.81. The van der Waals surface area contributed by atoms with Crippen LogP contribution in [0.4, 0.5) is 0 Å². The van der Waals surface area contributed by atoms with Gasteiger partial charge in [-0.05, 0) is 20.3 Å². The predicted molar refractivity (Wildman–Crippen MR) is 67.6 cm³/mol. The van der Waals surface area contributed by atoms with Crippen LogP contribution in [0, 0.1) is 11.3 Å². The van der Waals surface area contributed by atoms with E-state index in [-0.39, 0.29) is 6.04 Å². The lowest BCUT2D eigenvalue weighted by molar-refractivity contribution is 0.209. The number of rotatable bonds is 5. The molecule has 1 aromatic rings. The van der Waals surface area contributed by atoms with Gasteiger partial charge in [0.25, 0.3) is 0 Å². The van der Waals surface area contributed by atoms with Crippen LogP contribution in [0.2, 0.25) is 0 Å². The van der Waals surface area contributed by atoms with Crippen LogP contribution in [0.15, 0.2) is 6.33 Å². The Labute approximate surface area is 108 Å². The fraction of sp³-hybridized carbons (Fsp3) is 0.750. The summed E-state index contributed by atoms with van der Waals surface area (Å²) in [6.07, 6.45) is 2.63. The van der Waals surface area contributed by atoms with Gasteiger partial charge in [0.05, 0.1) is 18.7 Å². The monoisotopic (exact) mass is 248 g/mol. The minimum Gasteiger partial charge on any atom is -0.315 e. The van der Waals surface area contributed by atoms with E-state index < -0.39 is 0 Å². The van der Waals surface area contributed by atoms with Crippen LogP contribution in [0.3, 0.4) is 0 Å². The summed E-state index contributed by atoms with van der Waals surface area (Å²) in [4.78, 5) is 2.33. The van der Waals surface area contributed by atoms with Crippen LogP contribution in [-0.4, -0.2) is 44.8 Å². The number of nitrogens with zero attached hydrogens (tertiary/aromatic N) is 5. The first-order chi connectivity index (χ1) is 8.69. The van der Waals surface area contributed by atoms with Crippen LogP contribution >= 0.6 is 0 Å². The molecule has 1 N–H and O–H groups in total. The van der Waals surface area contributed by atoms with Gasteiger partial charge in [-0.3, -0.25) is 10.2 Å². The van der Waals surface area contributed by atoms with Gasteiger partial charge in [0.2, 0.25) is 0 Å². The third-order valence-corrected chi connectivity index (χ3v) is 3.14. The molecule has 18 heavy (non-hydrogen) atoms. The van der Waals surface area contributed by atoms with Crippen molar-refractivity contribution in [1.29, 1.82) is 5.26 Å². The molecule has 2 rings (SSSR count). The lowest BCUT2D eigenvalue weighted by atomic mass is 10.2. The van der Waals surface area contributed by atoms with Crippen molar-refractivity contribution in [1.82, 2.24) is 25.0 Å². The third kappa shape index (κ3) is 3.28. The summed E-state index contributed by atoms with van der Waals surface area (Å²) in [6, 6.07) is 2.60. The highest BCUT2D eigenvalue weighted by atomic mass is 15.3. The Morgan fingerprint density at radius 1 is 1.50 bits per heavy atom. The molecule has 0 bridgehead atoms. The Kier molecular flexibility index (Phi) is 4.28. The molecule has 1 atom stereocenters. The van der Waals surface area contributed by atoms with E-state index in [1.807, 2.05) is 0 Å². The second kappa shape index (κ2) is 5.94. The molecule has 0 saturated carbocycles. The maximum Gasteiger partial charge on any atom is 0.147 e. The maximum atomic E-state index is 9.07. The Hall–Kier alpha value is -1.45. The summed E-state index contributed by atoms with van der Waals surface area (Å²) in [5.74, 6) is 1.02. The molecule has 1 aromatic heterocycles. The minimum absolute atomic E-state index is 0.0650. The quantitative estimate of drug-likeness (QED) is 0.815. The molecule has 98 valence electrons. The van der Waals surface area contributed by atoms with Crippen molar-refractivity contribution in [3.05, 3.63) is 12.2 Å². The number of nitrogens with one attached hydrogen (secondary N) is 1. The molecule has 0 spiro atoms. The van der Waals surface area contributed by atoms with E-state index in [0.29, 0.717) is 6.04 Å². The molecule has 1 aliphatic rings. The van der Waals surface area contributed by atoms with Gasteiger partial charge in [0, 0.05) is 25.7 Å². The smallest absolute Gasteiger partial charge is 0.147 e. The number of fused-ring (bicyclic) bond motifs is 1. The molecule has 6 heteroatoms. The zero-order valence-electron chi connectivity index (χ0n) is 11.0. The number of hydrogen-bond donors (Lipinski definition) is 1. The highest BCUT2D eigenvalue weighted by molar-refractivity contribution is 4.93. The van der Waals surface area contributed by atoms with Gasteiger partial charge < -0.3 is 4.57 Å². The molecule has 0 radical (unpaired) electrons. The second-order valence-electron chi connectivity index (χ2n) is 5.01. The maximum absolute atomic E-state index is 9.07. The van der Waals surface area contributed by atoms with Crippen molar-refractivity contribution in [3.63, 3.8) is 0 Å². The van der Waals surface area contributed by atoms with E-state index in [9.17, 15) is 0 Å². The predicted octanol–water partition coefficient (Wildman–Crippen LogP) is 0.374. The molecule has 1 unspecified atom stereocenters. The Morgan fingerprint density at radius 2 is 2.33 bits per heavy atom. The molecule has 0 aliphatic carbocycles. The molecule has 1 aliphatic heterocycles.